The smallest absolute Gasteiger partial charge is 0.408 e. The van der Waals surface area contributed by atoms with Crippen molar-refractivity contribution < 1.29 is 28.7 Å². The van der Waals surface area contributed by atoms with Crippen LogP contribution in [-0.2, 0) is 29.3 Å². The molecular formula is C31H40ClN3O6. The summed E-state index contributed by atoms with van der Waals surface area (Å²) in [6, 6.07) is 14.7. The van der Waals surface area contributed by atoms with Crippen LogP contribution in [0, 0.1) is 11.8 Å². The average Bonchev–Trinajstić information content (AvgIpc) is 3.34. The van der Waals surface area contributed by atoms with E-state index >= 15 is 0 Å². The molecule has 9 nitrogen and oxygen atoms in total. The zero-order valence-corrected chi connectivity index (χ0v) is 25.0. The van der Waals surface area contributed by atoms with Gasteiger partial charge in [-0.2, -0.15) is 0 Å². The van der Waals surface area contributed by atoms with E-state index in [1.165, 1.54) is 7.11 Å². The number of carbonyl (C=O) groups is 4. The van der Waals surface area contributed by atoms with E-state index in [-0.39, 0.29) is 18.2 Å². The molecule has 222 valence electrons. The summed E-state index contributed by atoms with van der Waals surface area (Å²) in [6.07, 6.45) is -0.529. The third kappa shape index (κ3) is 8.70. The Kier molecular flexibility index (Phi) is 11.2. The van der Waals surface area contributed by atoms with Crippen LogP contribution < -0.4 is 16.0 Å². The van der Waals surface area contributed by atoms with E-state index in [1.54, 1.807) is 6.07 Å². The van der Waals surface area contributed by atoms with E-state index in [9.17, 15) is 19.2 Å². The Morgan fingerprint density at radius 1 is 1.05 bits per heavy atom. The van der Waals surface area contributed by atoms with E-state index < -0.39 is 47.5 Å². The molecule has 41 heavy (non-hydrogen) atoms. The number of halogens is 1. The number of benzene rings is 2. The quantitative estimate of drug-likeness (QED) is 0.311. The van der Waals surface area contributed by atoms with Crippen LogP contribution in [0.5, 0.6) is 0 Å². The maximum Gasteiger partial charge on any atom is 0.408 e. The molecule has 0 radical (unpaired) electrons. The predicted molar refractivity (Wildman–Crippen MR) is 156 cm³/mol. The van der Waals surface area contributed by atoms with Crippen LogP contribution in [-0.4, -0.2) is 49.6 Å². The monoisotopic (exact) mass is 585 g/mol. The van der Waals surface area contributed by atoms with Crippen LogP contribution in [0.1, 0.15) is 64.2 Å². The van der Waals surface area contributed by atoms with Crippen molar-refractivity contribution >= 4 is 35.5 Å². The van der Waals surface area contributed by atoms with Crippen LogP contribution in [0.25, 0.3) is 0 Å². The number of alkyl carbamates (subject to hydrolysis) is 1. The Balaban J connectivity index is 1.81. The lowest BCUT2D eigenvalue weighted by atomic mass is 9.76. The number of rotatable bonds is 12. The maximum absolute atomic E-state index is 13.4. The van der Waals surface area contributed by atoms with Gasteiger partial charge in [0.25, 0.3) is 0 Å². The Morgan fingerprint density at radius 2 is 1.76 bits per heavy atom. The summed E-state index contributed by atoms with van der Waals surface area (Å²) in [6.45, 7) is 8.28. The summed E-state index contributed by atoms with van der Waals surface area (Å²) in [7, 11) is 1.23. The fraction of sp³-hybridized carbons (Fsp3) is 0.484. The fourth-order valence-electron chi connectivity index (χ4n) is 5.07. The molecule has 1 aliphatic rings. The van der Waals surface area contributed by atoms with Gasteiger partial charge in [0.1, 0.15) is 18.2 Å². The second kappa shape index (κ2) is 14.3. The Morgan fingerprint density at radius 3 is 2.34 bits per heavy atom. The second-order valence-electron chi connectivity index (χ2n) is 11.4. The van der Waals surface area contributed by atoms with Crippen molar-refractivity contribution in [1.82, 2.24) is 16.0 Å². The van der Waals surface area contributed by atoms with Crippen LogP contribution in [0.3, 0.4) is 0 Å². The molecular weight excluding hydrogens is 546 g/mol. The maximum atomic E-state index is 13.4. The largest absolute Gasteiger partial charge is 0.467 e. The molecule has 0 spiro atoms. The lowest BCUT2D eigenvalue weighted by molar-refractivity contribution is -0.146. The summed E-state index contributed by atoms with van der Waals surface area (Å²) in [5.41, 5.74) is 0.968. The van der Waals surface area contributed by atoms with E-state index in [0.29, 0.717) is 24.4 Å². The van der Waals surface area contributed by atoms with Gasteiger partial charge in [-0.1, -0.05) is 81.8 Å². The van der Waals surface area contributed by atoms with E-state index in [1.807, 2.05) is 76.2 Å². The number of carbonyl (C=O) groups excluding carboxylic acids is 4. The normalized spacial score (nSPS) is 17.2. The first-order chi connectivity index (χ1) is 19.4. The van der Waals surface area contributed by atoms with Gasteiger partial charge in [0.05, 0.1) is 7.11 Å². The van der Waals surface area contributed by atoms with Crippen molar-refractivity contribution in [2.24, 2.45) is 11.8 Å². The molecule has 0 saturated carbocycles. The second-order valence-corrected chi connectivity index (χ2v) is 11.8. The van der Waals surface area contributed by atoms with Crippen molar-refractivity contribution in [2.45, 2.75) is 70.6 Å². The molecule has 1 fully saturated rings. The summed E-state index contributed by atoms with van der Waals surface area (Å²) in [5, 5.41) is 8.71. The van der Waals surface area contributed by atoms with Gasteiger partial charge in [-0.25, -0.2) is 9.59 Å². The van der Waals surface area contributed by atoms with Gasteiger partial charge in [0.15, 0.2) is 0 Å². The number of hydrogen-bond donors (Lipinski definition) is 3. The van der Waals surface area contributed by atoms with E-state index in [4.69, 9.17) is 21.1 Å². The zero-order valence-electron chi connectivity index (χ0n) is 24.2. The number of nitrogens with one attached hydrogen (secondary N) is 3. The first-order valence-corrected chi connectivity index (χ1v) is 14.2. The first kappa shape index (κ1) is 31.9. The molecule has 3 rings (SSSR count). The van der Waals surface area contributed by atoms with Gasteiger partial charge in [0.2, 0.25) is 11.8 Å². The number of esters is 1. The third-order valence-electron chi connectivity index (χ3n) is 7.35. The van der Waals surface area contributed by atoms with Crippen molar-refractivity contribution in [1.29, 1.82) is 0 Å². The van der Waals surface area contributed by atoms with Gasteiger partial charge in [-0.15, -0.1) is 0 Å². The zero-order chi connectivity index (χ0) is 30.2. The van der Waals surface area contributed by atoms with Crippen LogP contribution in [0.2, 0.25) is 5.02 Å². The molecule has 4 atom stereocenters. The SMILES string of the molecule is COC(=O)[C@H](CC1CCNC1=O)NC(=O)[C@H](CC(C)C)NC(=O)OC(c1ccccc1)C(C)(C)c1cccc(Cl)c1. The third-order valence-corrected chi connectivity index (χ3v) is 7.59. The standard InChI is InChI=1S/C31H40ClN3O6/c1-19(2)16-24(28(37)34-25(29(38)40-5)17-21-14-15-33-27(21)36)35-30(39)41-26(20-10-7-6-8-11-20)31(3,4)22-12-9-13-23(32)18-22/h6-13,18-19,21,24-26H,14-17H2,1-5H3,(H,33,36)(H,34,37)(H,35,39)/t21?,24-,25-,26?/m0/s1. The molecule has 2 unspecified atom stereocenters. The molecule has 3 N–H and O–H groups in total. The summed E-state index contributed by atoms with van der Waals surface area (Å²) >= 11 is 6.28. The molecule has 2 aromatic rings. The van der Waals surface area contributed by atoms with Gasteiger partial charge in [0, 0.05) is 22.9 Å². The summed E-state index contributed by atoms with van der Waals surface area (Å²) < 4.78 is 10.9. The van der Waals surface area contributed by atoms with Crippen LogP contribution in [0.15, 0.2) is 54.6 Å². The highest BCUT2D eigenvalue weighted by atomic mass is 35.5. The lowest BCUT2D eigenvalue weighted by Gasteiger charge is -2.35. The van der Waals surface area contributed by atoms with Crippen LogP contribution in [0.4, 0.5) is 4.79 Å². The molecule has 10 heteroatoms. The highest BCUT2D eigenvalue weighted by molar-refractivity contribution is 6.30. The average molecular weight is 586 g/mol. The minimum atomic E-state index is -1.03. The number of methoxy groups -OCH3 is 1. The summed E-state index contributed by atoms with van der Waals surface area (Å²) in [5.74, 6) is -1.76. The molecule has 0 aliphatic carbocycles. The molecule has 0 bridgehead atoms. The van der Waals surface area contributed by atoms with Crippen molar-refractivity contribution in [3.63, 3.8) is 0 Å². The van der Waals surface area contributed by atoms with Crippen LogP contribution >= 0.6 is 11.6 Å². The Hall–Kier alpha value is -3.59. The molecule has 1 saturated heterocycles. The minimum absolute atomic E-state index is 0.0380. The van der Waals surface area contributed by atoms with Gasteiger partial charge in [-0.05, 0) is 48.4 Å². The number of ether oxygens (including phenoxy) is 2. The molecule has 1 aliphatic heterocycles. The van der Waals surface area contributed by atoms with Gasteiger partial charge in [-0.3, -0.25) is 9.59 Å². The highest BCUT2D eigenvalue weighted by Gasteiger charge is 2.38. The van der Waals surface area contributed by atoms with Gasteiger partial charge >= 0.3 is 12.1 Å². The fourth-order valence-corrected chi connectivity index (χ4v) is 5.26. The number of amides is 3. The Labute approximate surface area is 246 Å². The summed E-state index contributed by atoms with van der Waals surface area (Å²) in [4.78, 5) is 51.4. The van der Waals surface area contributed by atoms with Crippen molar-refractivity contribution in [3.05, 3.63) is 70.7 Å². The molecule has 2 aromatic carbocycles. The Bertz CT molecular complexity index is 1220. The number of hydrogen-bond acceptors (Lipinski definition) is 6. The topological polar surface area (TPSA) is 123 Å². The van der Waals surface area contributed by atoms with E-state index in [0.717, 1.165) is 11.1 Å². The van der Waals surface area contributed by atoms with Crippen molar-refractivity contribution in [3.8, 4) is 0 Å². The highest BCUT2D eigenvalue weighted by Crippen LogP contribution is 2.40. The lowest BCUT2D eigenvalue weighted by Crippen LogP contribution is -2.53. The van der Waals surface area contributed by atoms with E-state index in [2.05, 4.69) is 16.0 Å². The van der Waals surface area contributed by atoms with Crippen molar-refractivity contribution in [2.75, 3.05) is 13.7 Å². The molecule has 1 heterocycles. The molecule has 3 amide bonds. The van der Waals surface area contributed by atoms with Gasteiger partial charge < -0.3 is 25.4 Å². The predicted octanol–water partition coefficient (Wildman–Crippen LogP) is 4.68. The molecule has 0 aromatic heterocycles. The minimum Gasteiger partial charge on any atom is -0.467 e. The first-order valence-electron chi connectivity index (χ1n) is 13.9.